The van der Waals surface area contributed by atoms with Crippen LogP contribution in [0.3, 0.4) is 0 Å². The average molecular weight is 210 g/mol. The summed E-state index contributed by atoms with van der Waals surface area (Å²) in [5.41, 5.74) is 8.50. The fourth-order valence-corrected chi connectivity index (χ4v) is 0.206. The Kier molecular flexibility index (Phi) is 22.2. The highest BCUT2D eigenvalue weighted by Gasteiger charge is 1.91. The molecule has 0 saturated heterocycles. The van der Waals surface area contributed by atoms with Gasteiger partial charge in [0.25, 0.3) is 0 Å². The van der Waals surface area contributed by atoms with E-state index < -0.39 is 25.5 Å². The van der Waals surface area contributed by atoms with Gasteiger partial charge >= 0.3 is 12.1 Å². The van der Waals surface area contributed by atoms with E-state index in [1.54, 1.807) is 0 Å². The van der Waals surface area contributed by atoms with Crippen LogP contribution in [0.25, 0.3) is 0 Å². The quantitative estimate of drug-likeness (QED) is 0.267. The second-order valence-electron chi connectivity index (χ2n) is 1.40. The summed E-state index contributed by atoms with van der Waals surface area (Å²) >= 11 is 0. The summed E-state index contributed by atoms with van der Waals surface area (Å²) in [7, 11) is 0. The van der Waals surface area contributed by atoms with Crippen molar-refractivity contribution in [3.05, 3.63) is 0 Å². The summed E-state index contributed by atoms with van der Waals surface area (Å²) in [6.45, 7) is 1.15. The van der Waals surface area contributed by atoms with Gasteiger partial charge in [-0.3, -0.25) is 0 Å². The molecule has 0 bridgehead atoms. The Morgan fingerprint density at radius 2 is 1.29 bits per heavy atom. The Labute approximate surface area is 80.1 Å². The maximum Gasteiger partial charge on any atom is 0.318 e. The van der Waals surface area contributed by atoms with Gasteiger partial charge < -0.3 is 37.1 Å². The number of aliphatic hydroxyl groups is 2. The standard InChI is InChI=1S/C3H8N2O3.CH4N2O.CH2O/c6-1-4-3(8)5-2-7;2-1(3)4;1-2/h6-7H,1-2H2,(H2,4,5,8);(H4,2,3,4);1H2. The zero-order chi connectivity index (χ0) is 12.0. The van der Waals surface area contributed by atoms with Crippen LogP contribution in [0, 0.1) is 0 Å². The van der Waals surface area contributed by atoms with E-state index in [1.807, 2.05) is 17.4 Å². The van der Waals surface area contributed by atoms with E-state index in [4.69, 9.17) is 19.8 Å². The van der Waals surface area contributed by atoms with Crippen LogP contribution in [0.1, 0.15) is 0 Å². The summed E-state index contributed by atoms with van der Waals surface area (Å²) in [6.07, 6.45) is 0. The molecule has 0 aliphatic carbocycles. The Morgan fingerprint density at radius 3 is 1.43 bits per heavy atom. The number of carbonyl (C=O) groups excluding carboxylic acids is 3. The van der Waals surface area contributed by atoms with Crippen LogP contribution in [0.4, 0.5) is 9.59 Å². The summed E-state index contributed by atoms with van der Waals surface area (Å²) in [4.78, 5) is 27.1. The molecular weight excluding hydrogens is 196 g/mol. The number of nitrogens with one attached hydrogen (secondary N) is 2. The van der Waals surface area contributed by atoms with E-state index in [-0.39, 0.29) is 0 Å². The lowest BCUT2D eigenvalue weighted by Gasteiger charge is -1.98. The molecular formula is C5H14N4O5. The first-order chi connectivity index (χ1) is 6.54. The van der Waals surface area contributed by atoms with Gasteiger partial charge in [-0.25, -0.2) is 9.59 Å². The van der Waals surface area contributed by atoms with E-state index in [9.17, 15) is 4.79 Å². The van der Waals surface area contributed by atoms with Gasteiger partial charge in [-0.2, -0.15) is 0 Å². The number of carbonyl (C=O) groups is 3. The van der Waals surface area contributed by atoms with Crippen LogP contribution >= 0.6 is 0 Å². The molecule has 0 fully saturated rings. The molecule has 0 aromatic rings. The van der Waals surface area contributed by atoms with Crippen molar-refractivity contribution < 1.29 is 24.6 Å². The third-order valence-corrected chi connectivity index (χ3v) is 0.479. The van der Waals surface area contributed by atoms with Crippen molar-refractivity contribution in [3.63, 3.8) is 0 Å². The predicted octanol–water partition coefficient (Wildman–Crippen LogP) is -2.98. The van der Waals surface area contributed by atoms with Crippen LogP contribution in [0.5, 0.6) is 0 Å². The van der Waals surface area contributed by atoms with Crippen molar-refractivity contribution >= 4 is 18.9 Å². The summed E-state index contributed by atoms with van der Waals surface area (Å²) < 4.78 is 0. The second-order valence-corrected chi connectivity index (χ2v) is 1.40. The molecule has 0 unspecified atom stereocenters. The molecule has 0 aromatic heterocycles. The van der Waals surface area contributed by atoms with Gasteiger partial charge in [0.1, 0.15) is 20.3 Å². The monoisotopic (exact) mass is 210 g/mol. The molecule has 9 nitrogen and oxygen atoms in total. The lowest BCUT2D eigenvalue weighted by Crippen LogP contribution is -2.36. The van der Waals surface area contributed by atoms with Crippen LogP contribution in [-0.4, -0.2) is 42.5 Å². The Bertz CT molecular complexity index is 141. The molecule has 0 rings (SSSR count). The van der Waals surface area contributed by atoms with E-state index in [1.165, 1.54) is 0 Å². The number of rotatable bonds is 2. The highest BCUT2D eigenvalue weighted by molar-refractivity contribution is 5.73. The minimum Gasteiger partial charge on any atom is -0.376 e. The molecule has 0 aliphatic rings. The molecule has 0 saturated carbocycles. The molecule has 9 heteroatoms. The zero-order valence-corrected chi connectivity index (χ0v) is 7.40. The first-order valence-corrected chi connectivity index (χ1v) is 3.11. The number of nitrogens with two attached hydrogens (primary N) is 2. The van der Waals surface area contributed by atoms with Crippen molar-refractivity contribution in [3.8, 4) is 0 Å². The number of aliphatic hydroxyl groups excluding tert-OH is 2. The van der Waals surface area contributed by atoms with Crippen molar-refractivity contribution in [2.75, 3.05) is 13.5 Å². The maximum absolute atomic E-state index is 10.1. The van der Waals surface area contributed by atoms with Gasteiger partial charge in [0.2, 0.25) is 0 Å². The number of urea groups is 2. The number of primary amides is 2. The maximum atomic E-state index is 10.1. The number of amides is 4. The first-order valence-electron chi connectivity index (χ1n) is 3.11. The third kappa shape index (κ3) is 49.5. The van der Waals surface area contributed by atoms with Gasteiger partial charge in [0.15, 0.2) is 0 Å². The fourth-order valence-electron chi connectivity index (χ4n) is 0.206. The molecule has 0 radical (unpaired) electrons. The highest BCUT2D eigenvalue weighted by atomic mass is 16.3. The van der Waals surface area contributed by atoms with Crippen molar-refractivity contribution in [1.29, 1.82) is 0 Å². The summed E-state index contributed by atoms with van der Waals surface area (Å²) in [5, 5.41) is 20.0. The first kappa shape index (κ1) is 18.0. The van der Waals surface area contributed by atoms with Crippen LogP contribution < -0.4 is 22.1 Å². The number of hydrogen-bond donors (Lipinski definition) is 6. The third-order valence-electron chi connectivity index (χ3n) is 0.479. The molecule has 0 heterocycles. The van der Waals surface area contributed by atoms with Crippen LogP contribution in [0.2, 0.25) is 0 Å². The lowest BCUT2D eigenvalue weighted by atomic mass is 10.9. The van der Waals surface area contributed by atoms with Gasteiger partial charge in [0, 0.05) is 0 Å². The van der Waals surface area contributed by atoms with Crippen molar-refractivity contribution in [2.24, 2.45) is 11.5 Å². The van der Waals surface area contributed by atoms with E-state index in [0.717, 1.165) is 0 Å². The van der Waals surface area contributed by atoms with E-state index in [2.05, 4.69) is 11.5 Å². The highest BCUT2D eigenvalue weighted by Crippen LogP contribution is 1.57. The minimum absolute atomic E-state index is 0.425. The smallest absolute Gasteiger partial charge is 0.318 e. The van der Waals surface area contributed by atoms with E-state index >= 15 is 0 Å². The molecule has 8 N–H and O–H groups in total. The molecule has 4 amide bonds. The largest absolute Gasteiger partial charge is 0.376 e. The minimum atomic E-state index is -0.833. The normalized spacial score (nSPS) is 6.71. The van der Waals surface area contributed by atoms with Crippen molar-refractivity contribution in [2.45, 2.75) is 0 Å². The summed E-state index contributed by atoms with van der Waals surface area (Å²) in [5.74, 6) is 0. The fraction of sp³-hybridized carbons (Fsp3) is 0.400. The molecule has 0 atom stereocenters. The molecule has 14 heavy (non-hydrogen) atoms. The molecule has 0 spiro atoms. The Balaban J connectivity index is -0.000000170. The molecule has 0 aliphatic heterocycles. The van der Waals surface area contributed by atoms with Crippen molar-refractivity contribution in [1.82, 2.24) is 10.6 Å². The summed E-state index contributed by atoms with van der Waals surface area (Å²) in [6, 6.07) is -1.42. The van der Waals surface area contributed by atoms with E-state index in [0.29, 0.717) is 0 Å². The molecule has 84 valence electrons. The second kappa shape index (κ2) is 17.3. The topological polar surface area (TPSA) is 168 Å². The van der Waals surface area contributed by atoms with Gasteiger partial charge in [-0.1, -0.05) is 0 Å². The van der Waals surface area contributed by atoms with Gasteiger partial charge in [-0.15, -0.1) is 0 Å². The average Bonchev–Trinajstić information content (AvgIpc) is 2.08. The zero-order valence-electron chi connectivity index (χ0n) is 7.40. The Morgan fingerprint density at radius 1 is 1.07 bits per heavy atom. The lowest BCUT2D eigenvalue weighted by molar-refractivity contribution is -0.0980. The molecule has 0 aromatic carbocycles. The van der Waals surface area contributed by atoms with Gasteiger partial charge in [-0.05, 0) is 0 Å². The van der Waals surface area contributed by atoms with Crippen LogP contribution in [-0.2, 0) is 4.79 Å². The predicted molar refractivity (Wildman–Crippen MR) is 46.7 cm³/mol. The SMILES string of the molecule is C=O.NC(N)=O.O=C(NCO)NCO. The Hall–Kier alpha value is -1.87. The van der Waals surface area contributed by atoms with Gasteiger partial charge in [0.05, 0.1) is 0 Å². The number of hydrogen-bond acceptors (Lipinski definition) is 5. The van der Waals surface area contributed by atoms with Crippen LogP contribution in [0.15, 0.2) is 0 Å².